The summed E-state index contributed by atoms with van der Waals surface area (Å²) in [5, 5.41) is 10.6. The average Bonchev–Trinajstić information content (AvgIpc) is 2.79. The first kappa shape index (κ1) is 17.4. The Balaban J connectivity index is 2.03. The second-order valence-electron chi connectivity index (χ2n) is 6.02. The number of para-hydroxylation sites is 1. The van der Waals surface area contributed by atoms with Crippen molar-refractivity contribution in [1.82, 2.24) is 9.55 Å². The molecule has 6 nitrogen and oxygen atoms in total. The first-order valence-electron chi connectivity index (χ1n) is 7.96. The number of hydrogen-bond donors (Lipinski definition) is 1. The van der Waals surface area contributed by atoms with Gasteiger partial charge in [-0.1, -0.05) is 37.2 Å². The van der Waals surface area contributed by atoms with Crippen LogP contribution in [0.25, 0.3) is 10.9 Å². The predicted molar refractivity (Wildman–Crippen MR) is 95.2 cm³/mol. The van der Waals surface area contributed by atoms with Crippen LogP contribution in [0.2, 0.25) is 0 Å². The van der Waals surface area contributed by atoms with Crippen molar-refractivity contribution < 1.29 is 13.5 Å². The summed E-state index contributed by atoms with van der Waals surface area (Å²) >= 11 is 1.19. The van der Waals surface area contributed by atoms with Gasteiger partial charge in [0, 0.05) is 6.54 Å². The van der Waals surface area contributed by atoms with Crippen molar-refractivity contribution in [1.29, 1.82) is 0 Å². The molecule has 0 unspecified atom stereocenters. The normalized spacial score (nSPS) is 22.9. The van der Waals surface area contributed by atoms with Crippen LogP contribution < -0.4 is 5.56 Å². The fourth-order valence-corrected chi connectivity index (χ4v) is 6.40. The molecule has 8 heteroatoms. The number of unbranched alkanes of at least 4 members (excludes halogenated alkanes) is 1. The first-order chi connectivity index (χ1) is 11.4. The van der Waals surface area contributed by atoms with Gasteiger partial charge in [-0.25, -0.2) is 13.4 Å². The van der Waals surface area contributed by atoms with E-state index in [9.17, 15) is 18.3 Å². The van der Waals surface area contributed by atoms with Crippen LogP contribution >= 0.6 is 11.8 Å². The van der Waals surface area contributed by atoms with Gasteiger partial charge in [-0.2, -0.15) is 0 Å². The third-order valence-electron chi connectivity index (χ3n) is 4.09. The van der Waals surface area contributed by atoms with Gasteiger partial charge in [-0.15, -0.1) is 0 Å². The van der Waals surface area contributed by atoms with Gasteiger partial charge in [0.2, 0.25) is 0 Å². The van der Waals surface area contributed by atoms with Gasteiger partial charge < -0.3 is 5.11 Å². The topological polar surface area (TPSA) is 89.3 Å². The lowest BCUT2D eigenvalue weighted by Gasteiger charge is -2.16. The third-order valence-corrected chi connectivity index (χ3v) is 7.32. The zero-order chi connectivity index (χ0) is 17.3. The Morgan fingerprint density at radius 2 is 2.08 bits per heavy atom. The monoisotopic (exact) mass is 368 g/mol. The second-order valence-corrected chi connectivity index (χ2v) is 9.38. The molecular weight excluding hydrogens is 348 g/mol. The lowest BCUT2D eigenvalue weighted by Crippen LogP contribution is -2.26. The zero-order valence-corrected chi connectivity index (χ0v) is 15.0. The number of aromatic nitrogens is 2. The maximum atomic E-state index is 12.8. The van der Waals surface area contributed by atoms with E-state index in [0.29, 0.717) is 22.6 Å². The van der Waals surface area contributed by atoms with Crippen LogP contribution in [0, 0.1) is 0 Å². The molecule has 0 saturated carbocycles. The maximum absolute atomic E-state index is 12.8. The lowest BCUT2D eigenvalue weighted by atomic mass is 10.2. The standard InChI is InChI=1S/C16H20N2O4S2/c1-2-3-8-18-15(20)11-6-4-5-7-12(11)17-16(18)23-14-10-24(21,22)9-13(14)19/h4-7,13-14,19H,2-3,8-10H2,1H3/t13-,14-/m0/s1. The number of benzene rings is 1. The number of thioether (sulfide) groups is 1. The number of hydrogen-bond acceptors (Lipinski definition) is 6. The summed E-state index contributed by atoms with van der Waals surface area (Å²) in [6, 6.07) is 7.13. The van der Waals surface area contributed by atoms with E-state index in [0.717, 1.165) is 12.8 Å². The molecule has 1 aromatic carbocycles. The van der Waals surface area contributed by atoms with Crippen LogP contribution in [0.3, 0.4) is 0 Å². The summed E-state index contributed by atoms with van der Waals surface area (Å²) < 4.78 is 25.0. The van der Waals surface area contributed by atoms with Crippen LogP contribution in [0.5, 0.6) is 0 Å². The van der Waals surface area contributed by atoms with Gasteiger partial charge in [0.15, 0.2) is 15.0 Å². The van der Waals surface area contributed by atoms with Crippen molar-refractivity contribution in [3.8, 4) is 0 Å². The van der Waals surface area contributed by atoms with Crippen LogP contribution in [0.4, 0.5) is 0 Å². The summed E-state index contributed by atoms with van der Waals surface area (Å²) in [5.74, 6) is -0.313. The molecule has 2 aromatic rings. The summed E-state index contributed by atoms with van der Waals surface area (Å²) in [5.41, 5.74) is 0.472. The quantitative estimate of drug-likeness (QED) is 0.804. The highest BCUT2D eigenvalue weighted by molar-refractivity contribution is 8.01. The SMILES string of the molecule is CCCCn1c(S[C@H]2CS(=O)(=O)C[C@@H]2O)nc2ccccc2c1=O. The van der Waals surface area contributed by atoms with Crippen molar-refractivity contribution in [2.24, 2.45) is 0 Å². The Morgan fingerprint density at radius 3 is 2.75 bits per heavy atom. The number of nitrogens with zero attached hydrogens (tertiary/aromatic N) is 2. The van der Waals surface area contributed by atoms with E-state index in [4.69, 9.17) is 0 Å². The smallest absolute Gasteiger partial charge is 0.262 e. The van der Waals surface area contributed by atoms with E-state index in [-0.39, 0.29) is 17.1 Å². The Morgan fingerprint density at radius 1 is 1.33 bits per heavy atom. The third kappa shape index (κ3) is 3.50. The minimum Gasteiger partial charge on any atom is -0.391 e. The Hall–Kier alpha value is -1.38. The molecule has 0 radical (unpaired) electrons. The van der Waals surface area contributed by atoms with Gasteiger partial charge in [-0.3, -0.25) is 9.36 Å². The van der Waals surface area contributed by atoms with Crippen LogP contribution in [0.15, 0.2) is 34.2 Å². The molecule has 1 aliphatic rings. The zero-order valence-electron chi connectivity index (χ0n) is 13.4. The van der Waals surface area contributed by atoms with Crippen LogP contribution in [0.1, 0.15) is 19.8 Å². The molecule has 1 aromatic heterocycles. The molecule has 0 aliphatic carbocycles. The average molecular weight is 368 g/mol. The fraction of sp³-hybridized carbons (Fsp3) is 0.500. The Kier molecular flexibility index (Phi) is 4.98. The number of sulfone groups is 1. The number of rotatable bonds is 5. The van der Waals surface area contributed by atoms with E-state index in [2.05, 4.69) is 4.98 Å². The van der Waals surface area contributed by atoms with Crippen LogP contribution in [-0.2, 0) is 16.4 Å². The molecule has 1 fully saturated rings. The van der Waals surface area contributed by atoms with Crippen molar-refractivity contribution >= 4 is 32.5 Å². The highest BCUT2D eigenvalue weighted by Gasteiger charge is 2.38. The lowest BCUT2D eigenvalue weighted by molar-refractivity contribution is 0.207. The first-order valence-corrected chi connectivity index (χ1v) is 10.7. The van der Waals surface area contributed by atoms with Crippen molar-refractivity contribution in [3.05, 3.63) is 34.6 Å². The minimum atomic E-state index is -3.23. The van der Waals surface area contributed by atoms with Gasteiger partial charge in [0.05, 0.1) is 33.8 Å². The van der Waals surface area contributed by atoms with E-state index in [1.807, 2.05) is 13.0 Å². The highest BCUT2D eigenvalue weighted by atomic mass is 32.2. The Labute approximate surface area is 144 Å². The second kappa shape index (κ2) is 6.85. The number of aliphatic hydroxyl groups excluding tert-OH is 1. The van der Waals surface area contributed by atoms with E-state index >= 15 is 0 Å². The van der Waals surface area contributed by atoms with Crippen molar-refractivity contribution in [2.75, 3.05) is 11.5 Å². The molecule has 130 valence electrons. The Bertz CT molecular complexity index is 908. The van der Waals surface area contributed by atoms with Crippen molar-refractivity contribution in [2.45, 2.75) is 42.8 Å². The predicted octanol–water partition coefficient (Wildman–Crippen LogP) is 1.45. The van der Waals surface area contributed by atoms with Crippen LogP contribution in [-0.4, -0.2) is 45.9 Å². The molecule has 24 heavy (non-hydrogen) atoms. The summed E-state index contributed by atoms with van der Waals surface area (Å²) in [6.45, 7) is 2.57. The molecule has 1 aliphatic heterocycles. The minimum absolute atomic E-state index is 0.0880. The molecule has 0 bridgehead atoms. The van der Waals surface area contributed by atoms with E-state index < -0.39 is 21.2 Å². The van der Waals surface area contributed by atoms with Gasteiger partial charge in [0.1, 0.15) is 0 Å². The summed E-state index contributed by atoms with van der Waals surface area (Å²) in [7, 11) is -3.23. The van der Waals surface area contributed by atoms with E-state index in [1.54, 1.807) is 22.8 Å². The molecule has 3 rings (SSSR count). The van der Waals surface area contributed by atoms with Gasteiger partial charge in [-0.05, 0) is 18.6 Å². The number of aliphatic hydroxyl groups is 1. The molecule has 1 saturated heterocycles. The molecule has 2 heterocycles. The maximum Gasteiger partial charge on any atom is 0.262 e. The molecule has 2 atom stereocenters. The number of fused-ring (bicyclic) bond motifs is 1. The summed E-state index contributed by atoms with van der Waals surface area (Å²) in [6.07, 6.45) is 0.839. The van der Waals surface area contributed by atoms with Gasteiger partial charge in [0.25, 0.3) is 5.56 Å². The fourth-order valence-electron chi connectivity index (χ4n) is 2.80. The largest absolute Gasteiger partial charge is 0.391 e. The molecule has 0 spiro atoms. The van der Waals surface area contributed by atoms with E-state index in [1.165, 1.54) is 11.8 Å². The summed E-state index contributed by atoms with van der Waals surface area (Å²) in [4.78, 5) is 17.3. The van der Waals surface area contributed by atoms with Gasteiger partial charge >= 0.3 is 0 Å². The van der Waals surface area contributed by atoms with Crippen molar-refractivity contribution in [3.63, 3.8) is 0 Å². The highest BCUT2D eigenvalue weighted by Crippen LogP contribution is 2.30. The molecule has 0 amide bonds. The molecular formula is C16H20N2O4S2. The molecule has 1 N–H and O–H groups in total.